The third-order valence-corrected chi connectivity index (χ3v) is 5.01. The fraction of sp³-hybridized carbons (Fsp3) is 0.500. The Morgan fingerprint density at radius 1 is 1.08 bits per heavy atom. The molecule has 0 aliphatic carbocycles. The number of aromatic nitrogens is 3. The number of hydrogen-bond acceptors (Lipinski definition) is 6. The molecule has 0 aromatic carbocycles. The molecule has 2 aromatic rings. The molecule has 0 spiro atoms. The van der Waals surface area contributed by atoms with E-state index in [4.69, 9.17) is 4.74 Å². The van der Waals surface area contributed by atoms with E-state index in [1.807, 2.05) is 12.4 Å². The Kier molecular flexibility index (Phi) is 4.85. The summed E-state index contributed by atoms with van der Waals surface area (Å²) in [6.45, 7) is 4.30. The lowest BCUT2D eigenvalue weighted by atomic mass is 10.0. The van der Waals surface area contributed by atoms with Crippen LogP contribution in [0.2, 0.25) is 0 Å². The molecular weight excluding hydrogens is 321 g/mol. The number of anilines is 1. The Morgan fingerprint density at radius 2 is 1.84 bits per heavy atom. The van der Waals surface area contributed by atoms with Crippen molar-refractivity contribution in [2.45, 2.75) is 31.5 Å². The van der Waals surface area contributed by atoms with E-state index in [0.717, 1.165) is 45.6 Å². The zero-order chi connectivity index (χ0) is 17.1. The first kappa shape index (κ1) is 16.4. The van der Waals surface area contributed by atoms with Gasteiger partial charge in [-0.25, -0.2) is 14.4 Å². The largest absolute Gasteiger partial charge is 0.375 e. The van der Waals surface area contributed by atoms with Crippen LogP contribution in [0.25, 0.3) is 0 Å². The minimum absolute atomic E-state index is 0.223. The first-order valence-corrected chi connectivity index (χ1v) is 8.76. The maximum Gasteiger partial charge on any atom is 0.225 e. The van der Waals surface area contributed by atoms with E-state index < -0.39 is 5.82 Å². The number of fused-ring (bicyclic) bond motifs is 1. The number of halogens is 1. The number of morpholine rings is 1. The van der Waals surface area contributed by atoms with Gasteiger partial charge in [-0.1, -0.05) is 0 Å². The van der Waals surface area contributed by atoms with E-state index in [-0.39, 0.29) is 6.10 Å². The van der Waals surface area contributed by atoms with Crippen LogP contribution in [0.15, 0.2) is 36.9 Å². The van der Waals surface area contributed by atoms with E-state index in [1.165, 1.54) is 18.0 Å². The van der Waals surface area contributed by atoms with E-state index in [1.54, 1.807) is 0 Å². The summed E-state index contributed by atoms with van der Waals surface area (Å²) in [4.78, 5) is 17.0. The summed E-state index contributed by atoms with van der Waals surface area (Å²) in [5, 5.41) is 0. The van der Waals surface area contributed by atoms with Crippen LogP contribution < -0.4 is 4.90 Å². The summed E-state index contributed by atoms with van der Waals surface area (Å²) in [5.74, 6) is 0.194. The van der Waals surface area contributed by atoms with Crippen LogP contribution in [0.3, 0.4) is 0 Å². The molecule has 0 N–H and O–H groups in total. The maximum atomic E-state index is 13.1. The highest BCUT2D eigenvalue weighted by Crippen LogP contribution is 2.26. The van der Waals surface area contributed by atoms with Crippen molar-refractivity contribution >= 4 is 5.95 Å². The third kappa shape index (κ3) is 3.77. The standard InChI is InChI=1S/C18H22FN5O/c19-15-11-21-18(22-12-15)23-7-3-16-17(4-8-23)25-10-9-24(16)13-14-1-5-20-6-2-14/h1-2,5-6,11-12,16-17H,3-4,7-10,13H2/t16-,17-/m0/s1. The summed E-state index contributed by atoms with van der Waals surface area (Å²) in [6.07, 6.45) is 8.27. The van der Waals surface area contributed by atoms with Crippen molar-refractivity contribution in [3.8, 4) is 0 Å². The number of hydrogen-bond donors (Lipinski definition) is 0. The molecule has 0 bridgehead atoms. The minimum atomic E-state index is -0.404. The lowest BCUT2D eigenvalue weighted by molar-refractivity contribution is -0.0746. The molecule has 0 saturated carbocycles. The van der Waals surface area contributed by atoms with Crippen molar-refractivity contribution in [3.63, 3.8) is 0 Å². The molecular formula is C18H22FN5O. The van der Waals surface area contributed by atoms with E-state index >= 15 is 0 Å². The van der Waals surface area contributed by atoms with Gasteiger partial charge in [0.1, 0.15) is 0 Å². The fourth-order valence-electron chi connectivity index (χ4n) is 3.75. The average Bonchev–Trinajstić information content (AvgIpc) is 2.87. The van der Waals surface area contributed by atoms with Crippen LogP contribution in [-0.2, 0) is 11.3 Å². The topological polar surface area (TPSA) is 54.4 Å². The summed E-state index contributed by atoms with van der Waals surface area (Å²) >= 11 is 0. The number of rotatable bonds is 3. The molecule has 132 valence electrons. The second-order valence-corrected chi connectivity index (χ2v) is 6.57. The summed E-state index contributed by atoms with van der Waals surface area (Å²) in [6, 6.07) is 4.52. The third-order valence-electron chi connectivity index (χ3n) is 5.01. The van der Waals surface area contributed by atoms with Gasteiger partial charge in [0.15, 0.2) is 5.82 Å². The number of pyridine rings is 1. The molecule has 2 fully saturated rings. The van der Waals surface area contributed by atoms with Gasteiger partial charge in [0, 0.05) is 44.6 Å². The fourth-order valence-corrected chi connectivity index (χ4v) is 3.75. The highest BCUT2D eigenvalue weighted by molar-refractivity contribution is 5.29. The van der Waals surface area contributed by atoms with Crippen molar-refractivity contribution in [1.29, 1.82) is 0 Å². The smallest absolute Gasteiger partial charge is 0.225 e. The van der Waals surface area contributed by atoms with Gasteiger partial charge < -0.3 is 9.64 Å². The van der Waals surface area contributed by atoms with Gasteiger partial charge in [-0.05, 0) is 30.5 Å². The van der Waals surface area contributed by atoms with Crippen LogP contribution in [0, 0.1) is 5.82 Å². The van der Waals surface area contributed by atoms with Crippen LogP contribution in [0.1, 0.15) is 18.4 Å². The normalized spacial score (nSPS) is 24.6. The Labute approximate surface area is 146 Å². The van der Waals surface area contributed by atoms with Crippen molar-refractivity contribution in [2.24, 2.45) is 0 Å². The van der Waals surface area contributed by atoms with Crippen molar-refractivity contribution < 1.29 is 9.13 Å². The molecule has 0 radical (unpaired) electrons. The molecule has 25 heavy (non-hydrogen) atoms. The van der Waals surface area contributed by atoms with Gasteiger partial charge in [-0.2, -0.15) is 0 Å². The van der Waals surface area contributed by atoms with Crippen LogP contribution in [0.5, 0.6) is 0 Å². The SMILES string of the molecule is Fc1cnc(N2CC[C@@H]3OCCN(Cc4ccncc4)[C@H]3CC2)nc1. The molecule has 7 heteroatoms. The van der Waals surface area contributed by atoms with Crippen LogP contribution in [0.4, 0.5) is 10.3 Å². The van der Waals surface area contributed by atoms with Crippen molar-refractivity contribution in [3.05, 3.63) is 48.3 Å². The summed E-state index contributed by atoms with van der Waals surface area (Å²) < 4.78 is 19.1. The highest BCUT2D eigenvalue weighted by atomic mass is 19.1. The second kappa shape index (κ2) is 7.41. The second-order valence-electron chi connectivity index (χ2n) is 6.57. The lowest BCUT2D eigenvalue weighted by Gasteiger charge is -2.40. The highest BCUT2D eigenvalue weighted by Gasteiger charge is 2.35. The maximum absolute atomic E-state index is 13.1. The number of nitrogens with zero attached hydrogens (tertiary/aromatic N) is 5. The molecule has 6 nitrogen and oxygen atoms in total. The minimum Gasteiger partial charge on any atom is -0.375 e. The molecule has 2 atom stereocenters. The molecule has 0 amide bonds. The van der Waals surface area contributed by atoms with Crippen LogP contribution >= 0.6 is 0 Å². The molecule has 0 unspecified atom stereocenters. The van der Waals surface area contributed by atoms with Crippen LogP contribution in [-0.4, -0.2) is 58.2 Å². The van der Waals surface area contributed by atoms with Gasteiger partial charge >= 0.3 is 0 Å². The van der Waals surface area contributed by atoms with E-state index in [9.17, 15) is 4.39 Å². The molecule has 2 aliphatic heterocycles. The predicted octanol–water partition coefficient (Wildman–Crippen LogP) is 1.88. The Bertz CT molecular complexity index is 684. The first-order valence-electron chi connectivity index (χ1n) is 8.76. The number of ether oxygens (including phenoxy) is 1. The summed E-state index contributed by atoms with van der Waals surface area (Å²) in [5.41, 5.74) is 1.28. The Balaban J connectivity index is 1.46. The molecule has 2 aliphatic rings. The molecule has 4 heterocycles. The molecule has 2 saturated heterocycles. The zero-order valence-corrected chi connectivity index (χ0v) is 14.1. The predicted molar refractivity (Wildman–Crippen MR) is 91.6 cm³/mol. The van der Waals surface area contributed by atoms with Crippen molar-refractivity contribution in [1.82, 2.24) is 19.9 Å². The first-order chi connectivity index (χ1) is 12.3. The zero-order valence-electron chi connectivity index (χ0n) is 14.1. The van der Waals surface area contributed by atoms with Gasteiger partial charge in [0.05, 0.1) is 25.1 Å². The molecule has 4 rings (SSSR count). The molecule has 2 aromatic heterocycles. The van der Waals surface area contributed by atoms with E-state index in [2.05, 4.69) is 36.9 Å². The van der Waals surface area contributed by atoms with Crippen molar-refractivity contribution in [2.75, 3.05) is 31.1 Å². The summed E-state index contributed by atoms with van der Waals surface area (Å²) in [7, 11) is 0. The monoisotopic (exact) mass is 343 g/mol. The van der Waals surface area contributed by atoms with Gasteiger partial charge in [-0.3, -0.25) is 9.88 Å². The lowest BCUT2D eigenvalue weighted by Crippen LogP contribution is -2.50. The van der Waals surface area contributed by atoms with Gasteiger partial charge in [-0.15, -0.1) is 0 Å². The Hall–Kier alpha value is -2.12. The van der Waals surface area contributed by atoms with Gasteiger partial charge in [0.25, 0.3) is 0 Å². The van der Waals surface area contributed by atoms with E-state index in [0.29, 0.717) is 12.0 Å². The Morgan fingerprint density at radius 3 is 2.64 bits per heavy atom. The van der Waals surface area contributed by atoms with Gasteiger partial charge in [0.2, 0.25) is 5.95 Å². The quantitative estimate of drug-likeness (QED) is 0.848. The average molecular weight is 343 g/mol.